The van der Waals surface area contributed by atoms with Crippen LogP contribution in [0.3, 0.4) is 0 Å². The number of rotatable bonds is 5. The second-order valence-electron chi connectivity index (χ2n) is 6.70. The van der Waals surface area contributed by atoms with Crippen LogP contribution < -0.4 is 0 Å². The van der Waals surface area contributed by atoms with E-state index in [1.165, 1.54) is 18.2 Å². The van der Waals surface area contributed by atoms with Crippen LogP contribution in [0.25, 0.3) is 11.1 Å². The number of aryl methyl sites for hydroxylation is 2. The van der Waals surface area contributed by atoms with Crippen LogP contribution in [0.4, 0.5) is 13.2 Å². The van der Waals surface area contributed by atoms with E-state index in [0.29, 0.717) is 29.5 Å². The molecule has 5 heteroatoms. The molecule has 3 aromatic rings. The summed E-state index contributed by atoms with van der Waals surface area (Å²) in [7, 11) is 0. The van der Waals surface area contributed by atoms with Crippen molar-refractivity contribution in [3.05, 3.63) is 89.0 Å². The van der Waals surface area contributed by atoms with E-state index in [1.807, 2.05) is 24.3 Å². The molecule has 0 aliphatic carbocycles. The number of aromatic hydroxyl groups is 1. The number of carbonyl (C=O) groups is 1. The van der Waals surface area contributed by atoms with Gasteiger partial charge in [0.15, 0.2) is 5.78 Å². The molecule has 3 aromatic carbocycles. The van der Waals surface area contributed by atoms with E-state index in [9.17, 15) is 23.1 Å². The molecule has 144 valence electrons. The number of phenols is 1. The lowest BCUT2D eigenvalue weighted by atomic mass is 9.98. The molecule has 0 atom stereocenters. The summed E-state index contributed by atoms with van der Waals surface area (Å²) < 4.78 is 37.9. The zero-order valence-corrected chi connectivity index (χ0v) is 15.3. The molecule has 0 bridgehead atoms. The quantitative estimate of drug-likeness (QED) is 0.532. The highest BCUT2D eigenvalue weighted by Gasteiger charge is 2.29. The predicted octanol–water partition coefficient (Wildman–Crippen LogP) is 6.20. The Balaban J connectivity index is 1.64. The van der Waals surface area contributed by atoms with Gasteiger partial charge in [0.2, 0.25) is 0 Å². The number of hydrogen-bond donors (Lipinski definition) is 1. The lowest BCUT2D eigenvalue weighted by Gasteiger charge is -2.08. The highest BCUT2D eigenvalue weighted by Crippen LogP contribution is 2.31. The number of hydrogen-bond acceptors (Lipinski definition) is 2. The van der Waals surface area contributed by atoms with Gasteiger partial charge in [0.25, 0.3) is 0 Å². The maximum absolute atomic E-state index is 12.6. The molecule has 0 fully saturated rings. The number of halogens is 3. The fourth-order valence-corrected chi connectivity index (χ4v) is 2.95. The summed E-state index contributed by atoms with van der Waals surface area (Å²) in [6, 6.07) is 17.3. The first kappa shape index (κ1) is 19.7. The van der Waals surface area contributed by atoms with Crippen LogP contribution in [0, 0.1) is 6.92 Å². The Morgan fingerprint density at radius 1 is 0.893 bits per heavy atom. The van der Waals surface area contributed by atoms with Gasteiger partial charge in [-0.1, -0.05) is 36.4 Å². The lowest BCUT2D eigenvalue weighted by Crippen LogP contribution is -2.04. The van der Waals surface area contributed by atoms with Crippen molar-refractivity contribution >= 4 is 5.78 Å². The summed E-state index contributed by atoms with van der Waals surface area (Å²) in [5.41, 5.74) is 3.05. The Morgan fingerprint density at radius 2 is 1.46 bits per heavy atom. The van der Waals surface area contributed by atoms with Crippen molar-refractivity contribution in [1.29, 1.82) is 0 Å². The van der Waals surface area contributed by atoms with Gasteiger partial charge < -0.3 is 5.11 Å². The van der Waals surface area contributed by atoms with Gasteiger partial charge in [-0.2, -0.15) is 13.2 Å². The standard InChI is InChI=1S/C23H19F3O2/c1-15-14-19(9-13-21(15)27)22(28)12-4-16-2-5-17(6-3-16)18-7-10-20(11-8-18)23(24,25)26/h2-3,5-11,13-14,27H,4,12H2,1H3. The predicted molar refractivity (Wildman–Crippen MR) is 102 cm³/mol. The largest absolute Gasteiger partial charge is 0.508 e. The highest BCUT2D eigenvalue weighted by molar-refractivity contribution is 5.96. The Morgan fingerprint density at radius 3 is 2.00 bits per heavy atom. The first-order chi connectivity index (χ1) is 13.2. The zero-order valence-electron chi connectivity index (χ0n) is 15.3. The molecule has 0 heterocycles. The van der Waals surface area contributed by atoms with Crippen LogP contribution in [0.5, 0.6) is 5.75 Å². The smallest absolute Gasteiger partial charge is 0.416 e. The van der Waals surface area contributed by atoms with Crippen molar-refractivity contribution in [1.82, 2.24) is 0 Å². The summed E-state index contributed by atoms with van der Waals surface area (Å²) in [6.07, 6.45) is -3.44. The summed E-state index contributed by atoms with van der Waals surface area (Å²) in [6.45, 7) is 1.74. The van der Waals surface area contributed by atoms with Gasteiger partial charge in [0.05, 0.1) is 5.56 Å². The van der Waals surface area contributed by atoms with Crippen LogP contribution in [0.1, 0.15) is 33.5 Å². The van der Waals surface area contributed by atoms with Gasteiger partial charge in [0.1, 0.15) is 5.75 Å². The van der Waals surface area contributed by atoms with Gasteiger partial charge in [-0.3, -0.25) is 4.79 Å². The fourth-order valence-electron chi connectivity index (χ4n) is 2.95. The average Bonchev–Trinajstić information content (AvgIpc) is 2.68. The maximum atomic E-state index is 12.6. The highest BCUT2D eigenvalue weighted by atomic mass is 19.4. The second-order valence-corrected chi connectivity index (χ2v) is 6.70. The first-order valence-corrected chi connectivity index (χ1v) is 8.83. The molecular weight excluding hydrogens is 365 g/mol. The Bertz CT molecular complexity index is 972. The van der Waals surface area contributed by atoms with Crippen molar-refractivity contribution in [2.75, 3.05) is 0 Å². The Hall–Kier alpha value is -3.08. The van der Waals surface area contributed by atoms with E-state index in [4.69, 9.17) is 0 Å². The van der Waals surface area contributed by atoms with Crippen molar-refractivity contribution in [2.24, 2.45) is 0 Å². The molecule has 2 nitrogen and oxygen atoms in total. The third-order valence-corrected chi connectivity index (χ3v) is 4.66. The van der Waals surface area contributed by atoms with Crippen LogP contribution in [0.15, 0.2) is 66.7 Å². The van der Waals surface area contributed by atoms with E-state index < -0.39 is 11.7 Å². The van der Waals surface area contributed by atoms with Gasteiger partial charge >= 0.3 is 6.18 Å². The monoisotopic (exact) mass is 384 g/mol. The normalized spacial score (nSPS) is 11.4. The van der Waals surface area contributed by atoms with Crippen LogP contribution >= 0.6 is 0 Å². The first-order valence-electron chi connectivity index (χ1n) is 8.83. The number of alkyl halides is 3. The number of carbonyl (C=O) groups excluding carboxylic acids is 1. The minimum atomic E-state index is -4.34. The van der Waals surface area contributed by atoms with E-state index in [0.717, 1.165) is 23.3 Å². The summed E-state index contributed by atoms with van der Waals surface area (Å²) in [5, 5.41) is 9.54. The van der Waals surface area contributed by atoms with Crippen molar-refractivity contribution in [3.63, 3.8) is 0 Å². The number of Topliss-reactive ketones (excluding diaryl/α,β-unsaturated/α-hetero) is 1. The van der Waals surface area contributed by atoms with Crippen LogP contribution in [0.2, 0.25) is 0 Å². The topological polar surface area (TPSA) is 37.3 Å². The second kappa shape index (κ2) is 7.89. The average molecular weight is 384 g/mol. The van der Waals surface area contributed by atoms with E-state index >= 15 is 0 Å². The number of phenolic OH excluding ortho intramolecular Hbond substituents is 1. The van der Waals surface area contributed by atoms with Crippen molar-refractivity contribution in [2.45, 2.75) is 25.9 Å². The van der Waals surface area contributed by atoms with Gasteiger partial charge in [-0.05, 0) is 65.9 Å². The van der Waals surface area contributed by atoms with Gasteiger partial charge in [-0.25, -0.2) is 0 Å². The van der Waals surface area contributed by atoms with Crippen LogP contribution in [-0.4, -0.2) is 10.9 Å². The zero-order chi connectivity index (χ0) is 20.3. The Labute approximate surface area is 161 Å². The molecule has 0 aliphatic heterocycles. The molecule has 0 saturated carbocycles. The lowest BCUT2D eigenvalue weighted by molar-refractivity contribution is -0.137. The fraction of sp³-hybridized carbons (Fsp3) is 0.174. The molecule has 28 heavy (non-hydrogen) atoms. The molecule has 0 aliphatic rings. The third-order valence-electron chi connectivity index (χ3n) is 4.66. The SMILES string of the molecule is Cc1cc(C(=O)CCc2ccc(-c3ccc(C(F)(F)F)cc3)cc2)ccc1O. The maximum Gasteiger partial charge on any atom is 0.416 e. The van der Waals surface area contributed by atoms with Gasteiger partial charge in [-0.15, -0.1) is 0 Å². The van der Waals surface area contributed by atoms with Gasteiger partial charge in [0, 0.05) is 12.0 Å². The van der Waals surface area contributed by atoms with E-state index in [1.54, 1.807) is 19.1 Å². The number of ketones is 1. The molecule has 1 N–H and O–H groups in total. The molecule has 0 amide bonds. The molecule has 3 rings (SSSR count). The van der Waals surface area contributed by atoms with Crippen molar-refractivity contribution in [3.8, 4) is 16.9 Å². The van der Waals surface area contributed by atoms with Crippen molar-refractivity contribution < 1.29 is 23.1 Å². The van der Waals surface area contributed by atoms with E-state index in [2.05, 4.69) is 0 Å². The molecular formula is C23H19F3O2. The minimum absolute atomic E-state index is 0.00471. The molecule has 0 saturated heterocycles. The summed E-state index contributed by atoms with van der Waals surface area (Å²) in [4.78, 5) is 12.3. The summed E-state index contributed by atoms with van der Waals surface area (Å²) in [5.74, 6) is 0.158. The summed E-state index contributed by atoms with van der Waals surface area (Å²) >= 11 is 0. The third kappa shape index (κ3) is 4.60. The molecule has 0 unspecified atom stereocenters. The number of benzene rings is 3. The molecule has 0 aromatic heterocycles. The molecule has 0 radical (unpaired) electrons. The Kier molecular flexibility index (Phi) is 5.54. The molecule has 0 spiro atoms. The van der Waals surface area contributed by atoms with E-state index in [-0.39, 0.29) is 11.5 Å². The minimum Gasteiger partial charge on any atom is -0.508 e. The van der Waals surface area contributed by atoms with Crippen LogP contribution in [-0.2, 0) is 12.6 Å².